The second kappa shape index (κ2) is 7.07. The fourth-order valence-corrected chi connectivity index (χ4v) is 3.49. The number of nitrogens with zero attached hydrogens (tertiary/aromatic N) is 3. The topological polar surface area (TPSA) is 51.4 Å². The van der Waals surface area contributed by atoms with E-state index in [4.69, 9.17) is 4.52 Å². The van der Waals surface area contributed by atoms with Crippen molar-refractivity contribution in [2.24, 2.45) is 0 Å². The van der Waals surface area contributed by atoms with Crippen LogP contribution in [-0.2, 0) is 6.42 Å². The van der Waals surface area contributed by atoms with Gasteiger partial charge in [-0.05, 0) is 44.8 Å². The van der Waals surface area contributed by atoms with Gasteiger partial charge in [0.1, 0.15) is 5.75 Å². The van der Waals surface area contributed by atoms with Gasteiger partial charge in [-0.2, -0.15) is 13.8 Å². The molecule has 0 amide bonds. The monoisotopic (exact) mass is 349 g/mol. The first-order valence-electron chi connectivity index (χ1n) is 8.78. The summed E-state index contributed by atoms with van der Waals surface area (Å²) in [4.78, 5) is 7.04. The normalized spacial score (nSPS) is 19.5. The van der Waals surface area contributed by atoms with Crippen LogP contribution in [0.4, 0.5) is 8.78 Å². The Hall–Kier alpha value is -2.02. The maximum absolute atomic E-state index is 12.5. The van der Waals surface area contributed by atoms with Crippen molar-refractivity contribution < 1.29 is 18.0 Å². The molecular weight excluding hydrogens is 328 g/mol. The molecule has 0 unspecified atom stereocenters. The Balaban J connectivity index is 1.40. The molecule has 1 saturated heterocycles. The Kier molecular flexibility index (Phi) is 4.65. The first-order valence-corrected chi connectivity index (χ1v) is 8.78. The van der Waals surface area contributed by atoms with Crippen LogP contribution in [0.15, 0.2) is 28.8 Å². The minimum atomic E-state index is -2.85. The third-order valence-corrected chi connectivity index (χ3v) is 4.96. The largest absolute Gasteiger partial charge is 0.435 e. The maximum atomic E-state index is 12.5. The summed E-state index contributed by atoms with van der Waals surface area (Å²) in [6.45, 7) is -0.686. The zero-order valence-electron chi connectivity index (χ0n) is 13.9. The number of para-hydroxylation sites is 1. The van der Waals surface area contributed by atoms with Crippen LogP contribution in [0.25, 0.3) is 0 Å². The number of hydrogen-bond acceptors (Lipinski definition) is 5. The number of ether oxygens (including phenoxy) is 1. The van der Waals surface area contributed by atoms with Crippen molar-refractivity contribution in [2.75, 3.05) is 13.1 Å². The highest BCUT2D eigenvalue weighted by atomic mass is 19.3. The van der Waals surface area contributed by atoms with E-state index in [0.29, 0.717) is 29.6 Å². The van der Waals surface area contributed by atoms with E-state index in [0.717, 1.165) is 32.0 Å². The first kappa shape index (κ1) is 16.4. The Labute approximate surface area is 145 Å². The molecule has 1 aromatic carbocycles. The van der Waals surface area contributed by atoms with Gasteiger partial charge in [0.2, 0.25) is 5.89 Å². The molecule has 1 saturated carbocycles. The van der Waals surface area contributed by atoms with Gasteiger partial charge >= 0.3 is 6.61 Å². The number of alkyl halides is 2. The second-order valence-corrected chi connectivity index (χ2v) is 6.75. The van der Waals surface area contributed by atoms with Crippen molar-refractivity contribution >= 4 is 0 Å². The minimum absolute atomic E-state index is 0.154. The maximum Gasteiger partial charge on any atom is 0.387 e. The van der Waals surface area contributed by atoms with Gasteiger partial charge in [-0.25, -0.2) is 0 Å². The molecule has 0 atom stereocenters. The standard InChI is InChI=1S/C18H21F2N3O2/c19-18(20)24-15-4-2-1-3-13(15)11-16-21-17(25-22-16)12-7-9-23(10-8-12)14-5-6-14/h1-4,12,14,18H,5-11H2. The molecule has 5 nitrogen and oxygen atoms in total. The van der Waals surface area contributed by atoms with E-state index in [1.807, 2.05) is 0 Å². The molecule has 7 heteroatoms. The summed E-state index contributed by atoms with van der Waals surface area (Å²) in [5, 5.41) is 4.03. The van der Waals surface area contributed by atoms with Crippen LogP contribution < -0.4 is 4.74 Å². The molecule has 0 N–H and O–H groups in total. The number of hydrogen-bond donors (Lipinski definition) is 0. The number of likely N-dealkylation sites (tertiary alicyclic amines) is 1. The molecule has 25 heavy (non-hydrogen) atoms. The highest BCUT2D eigenvalue weighted by Gasteiger charge is 2.33. The lowest BCUT2D eigenvalue weighted by Crippen LogP contribution is -2.34. The zero-order chi connectivity index (χ0) is 17.2. The average Bonchev–Trinajstić information content (AvgIpc) is 3.36. The Morgan fingerprint density at radius 3 is 2.64 bits per heavy atom. The lowest BCUT2D eigenvalue weighted by Gasteiger charge is -2.30. The van der Waals surface area contributed by atoms with E-state index in [2.05, 4.69) is 19.8 Å². The van der Waals surface area contributed by atoms with Gasteiger partial charge in [-0.15, -0.1) is 0 Å². The summed E-state index contributed by atoms with van der Waals surface area (Å²) in [5.74, 6) is 1.62. The van der Waals surface area contributed by atoms with E-state index in [1.54, 1.807) is 18.2 Å². The van der Waals surface area contributed by atoms with Crippen LogP contribution in [0.2, 0.25) is 0 Å². The van der Waals surface area contributed by atoms with Crippen LogP contribution >= 0.6 is 0 Å². The molecular formula is C18H21F2N3O2. The summed E-state index contributed by atoms with van der Waals surface area (Å²) in [6, 6.07) is 7.50. The predicted octanol–water partition coefficient (Wildman–Crippen LogP) is 3.60. The molecule has 2 aliphatic rings. The Morgan fingerprint density at radius 2 is 1.92 bits per heavy atom. The van der Waals surface area contributed by atoms with Crippen LogP contribution in [0.3, 0.4) is 0 Å². The van der Waals surface area contributed by atoms with Crippen LogP contribution in [0.5, 0.6) is 5.75 Å². The molecule has 1 aliphatic heterocycles. The molecule has 134 valence electrons. The van der Waals surface area contributed by atoms with Gasteiger partial charge in [0.05, 0.1) is 0 Å². The first-order chi connectivity index (χ1) is 12.2. The predicted molar refractivity (Wildman–Crippen MR) is 86.7 cm³/mol. The third kappa shape index (κ3) is 3.98. The summed E-state index contributed by atoms with van der Waals surface area (Å²) in [6.07, 6.45) is 5.03. The summed E-state index contributed by atoms with van der Waals surface area (Å²) >= 11 is 0. The highest BCUT2D eigenvalue weighted by molar-refractivity contribution is 5.35. The van der Waals surface area contributed by atoms with Gasteiger partial charge in [-0.3, -0.25) is 0 Å². The SMILES string of the molecule is FC(F)Oc1ccccc1Cc1noc(C2CCN(C3CC3)CC2)n1. The fourth-order valence-electron chi connectivity index (χ4n) is 3.49. The smallest absolute Gasteiger partial charge is 0.387 e. The quantitative estimate of drug-likeness (QED) is 0.797. The zero-order valence-corrected chi connectivity index (χ0v) is 13.9. The third-order valence-electron chi connectivity index (χ3n) is 4.96. The van der Waals surface area contributed by atoms with E-state index >= 15 is 0 Å². The van der Waals surface area contributed by atoms with Crippen LogP contribution in [0.1, 0.15) is 48.9 Å². The highest BCUT2D eigenvalue weighted by Crippen LogP contribution is 2.34. The van der Waals surface area contributed by atoms with Crippen molar-refractivity contribution in [3.63, 3.8) is 0 Å². The molecule has 2 fully saturated rings. The lowest BCUT2D eigenvalue weighted by atomic mass is 9.96. The van der Waals surface area contributed by atoms with Crippen molar-refractivity contribution in [1.29, 1.82) is 0 Å². The second-order valence-electron chi connectivity index (χ2n) is 6.75. The molecule has 0 spiro atoms. The van der Waals surface area contributed by atoms with Gasteiger partial charge in [0, 0.05) is 23.9 Å². The van der Waals surface area contributed by atoms with E-state index in [1.165, 1.54) is 18.9 Å². The van der Waals surface area contributed by atoms with Crippen molar-refractivity contribution in [2.45, 2.75) is 50.7 Å². The fraction of sp³-hybridized carbons (Fsp3) is 0.556. The van der Waals surface area contributed by atoms with E-state index in [9.17, 15) is 8.78 Å². The van der Waals surface area contributed by atoms with Crippen LogP contribution in [0, 0.1) is 0 Å². The molecule has 2 heterocycles. The summed E-state index contributed by atoms with van der Waals surface area (Å²) in [5.41, 5.74) is 0.624. The number of aromatic nitrogens is 2. The minimum Gasteiger partial charge on any atom is -0.435 e. The van der Waals surface area contributed by atoms with Gasteiger partial charge < -0.3 is 14.2 Å². The van der Waals surface area contributed by atoms with Gasteiger partial charge in [-0.1, -0.05) is 23.4 Å². The molecule has 1 aromatic heterocycles. The van der Waals surface area contributed by atoms with Crippen molar-refractivity contribution in [1.82, 2.24) is 15.0 Å². The van der Waals surface area contributed by atoms with Crippen molar-refractivity contribution in [3.8, 4) is 5.75 Å². The van der Waals surface area contributed by atoms with E-state index < -0.39 is 6.61 Å². The number of halogens is 2. The van der Waals surface area contributed by atoms with Gasteiger partial charge in [0.25, 0.3) is 0 Å². The lowest BCUT2D eigenvalue weighted by molar-refractivity contribution is -0.0504. The summed E-state index contributed by atoms with van der Waals surface area (Å²) in [7, 11) is 0. The Morgan fingerprint density at radius 1 is 1.16 bits per heavy atom. The molecule has 0 radical (unpaired) electrons. The van der Waals surface area contributed by atoms with Crippen LogP contribution in [-0.4, -0.2) is 40.8 Å². The molecule has 4 rings (SSSR count). The van der Waals surface area contributed by atoms with Crippen molar-refractivity contribution in [3.05, 3.63) is 41.5 Å². The number of benzene rings is 1. The number of rotatable bonds is 6. The molecule has 1 aliphatic carbocycles. The van der Waals surface area contributed by atoms with E-state index in [-0.39, 0.29) is 5.75 Å². The molecule has 0 bridgehead atoms. The Bertz CT molecular complexity index is 710. The number of piperidine rings is 1. The molecule has 2 aromatic rings. The summed E-state index contributed by atoms with van der Waals surface area (Å²) < 4.78 is 35.0. The average molecular weight is 349 g/mol. The van der Waals surface area contributed by atoms with Gasteiger partial charge in [0.15, 0.2) is 5.82 Å².